The van der Waals surface area contributed by atoms with Crippen LogP contribution in [0, 0.1) is 0 Å². The minimum Gasteiger partial charge on any atom is -0.489 e. The van der Waals surface area contributed by atoms with Crippen molar-refractivity contribution in [2.45, 2.75) is 39.0 Å². The summed E-state index contributed by atoms with van der Waals surface area (Å²) in [6, 6.07) is 1.91. The summed E-state index contributed by atoms with van der Waals surface area (Å²) >= 11 is 6.33. The predicted molar refractivity (Wildman–Crippen MR) is 76.5 cm³/mol. The topological polar surface area (TPSA) is 38.7 Å². The average Bonchev–Trinajstić information content (AvgIpc) is 2.64. The van der Waals surface area contributed by atoms with Gasteiger partial charge in [0.25, 0.3) is 0 Å². The lowest BCUT2D eigenvalue weighted by Crippen LogP contribution is -2.24. The van der Waals surface area contributed by atoms with E-state index in [1.165, 1.54) is 0 Å². The van der Waals surface area contributed by atoms with Crippen LogP contribution in [0.15, 0.2) is 6.07 Å². The second-order valence-electron chi connectivity index (χ2n) is 5.49. The van der Waals surface area contributed by atoms with Gasteiger partial charge in [-0.1, -0.05) is 32.4 Å². The molecule has 3 nitrogen and oxygen atoms in total. The van der Waals surface area contributed by atoms with E-state index < -0.39 is 0 Å². The fourth-order valence-corrected chi connectivity index (χ4v) is 2.63. The second kappa shape index (κ2) is 5.59. The predicted octanol–water partition coefficient (Wildman–Crippen LogP) is 3.33. The monoisotopic (exact) mass is 284 g/mol. The molecule has 0 amide bonds. The Balaban J connectivity index is 2.64. The molecule has 0 unspecified atom stereocenters. The summed E-state index contributed by atoms with van der Waals surface area (Å²) in [7, 11) is 0. The van der Waals surface area contributed by atoms with Gasteiger partial charge in [0.05, 0.1) is 24.8 Å². The molecule has 1 aliphatic heterocycles. The van der Waals surface area contributed by atoms with Gasteiger partial charge in [-0.15, -0.1) is 0 Å². The zero-order valence-corrected chi connectivity index (χ0v) is 12.5. The molecule has 0 saturated carbocycles. The zero-order chi connectivity index (χ0) is 14.0. The van der Waals surface area contributed by atoms with Crippen molar-refractivity contribution in [2.75, 3.05) is 19.8 Å². The number of halogens is 1. The molecule has 0 saturated heterocycles. The summed E-state index contributed by atoms with van der Waals surface area (Å²) < 4.78 is 11.5. The maximum atomic E-state index is 9.60. The van der Waals surface area contributed by atoms with Gasteiger partial charge in [0.15, 0.2) is 11.5 Å². The van der Waals surface area contributed by atoms with E-state index in [2.05, 4.69) is 6.92 Å². The number of ether oxygens (including phenoxy) is 2. The standard InChI is InChI=1S/C15H21ClO3/c1-4-10-11(15(2,3)9-17)8-12(16)14-13(10)18-6-5-7-19-14/h8,17H,4-7,9H2,1-3H3. The highest BCUT2D eigenvalue weighted by Gasteiger charge is 2.29. The average molecular weight is 285 g/mol. The quantitative estimate of drug-likeness (QED) is 0.925. The maximum absolute atomic E-state index is 9.60. The molecule has 2 rings (SSSR count). The Morgan fingerprint density at radius 1 is 1.26 bits per heavy atom. The molecule has 106 valence electrons. The summed E-state index contributed by atoms with van der Waals surface area (Å²) in [5.41, 5.74) is 1.77. The third-order valence-corrected chi connectivity index (χ3v) is 3.83. The number of fused-ring (bicyclic) bond motifs is 1. The van der Waals surface area contributed by atoms with Crippen LogP contribution in [0.2, 0.25) is 5.02 Å². The molecule has 1 aromatic carbocycles. The van der Waals surface area contributed by atoms with Crippen LogP contribution in [-0.4, -0.2) is 24.9 Å². The Morgan fingerprint density at radius 2 is 1.89 bits per heavy atom. The van der Waals surface area contributed by atoms with Crippen molar-refractivity contribution < 1.29 is 14.6 Å². The van der Waals surface area contributed by atoms with Crippen molar-refractivity contribution in [1.29, 1.82) is 0 Å². The Bertz CT molecular complexity index is 469. The van der Waals surface area contributed by atoms with E-state index in [1.807, 2.05) is 19.9 Å². The van der Waals surface area contributed by atoms with Gasteiger partial charge >= 0.3 is 0 Å². The second-order valence-corrected chi connectivity index (χ2v) is 5.90. The Morgan fingerprint density at radius 3 is 2.47 bits per heavy atom. The van der Waals surface area contributed by atoms with Crippen LogP contribution in [0.3, 0.4) is 0 Å². The van der Waals surface area contributed by atoms with Gasteiger partial charge in [0.1, 0.15) is 0 Å². The molecule has 0 aromatic heterocycles. The molecule has 0 atom stereocenters. The van der Waals surface area contributed by atoms with Crippen molar-refractivity contribution in [3.63, 3.8) is 0 Å². The molecule has 19 heavy (non-hydrogen) atoms. The molecule has 0 aliphatic carbocycles. The number of hydrogen-bond donors (Lipinski definition) is 1. The number of benzene rings is 1. The van der Waals surface area contributed by atoms with E-state index in [0.29, 0.717) is 24.0 Å². The SMILES string of the molecule is CCc1c(C(C)(C)CO)cc(Cl)c2c1OCCCO2. The Labute approximate surface area is 119 Å². The summed E-state index contributed by atoms with van der Waals surface area (Å²) in [5.74, 6) is 1.40. The number of rotatable bonds is 3. The highest BCUT2D eigenvalue weighted by molar-refractivity contribution is 6.32. The van der Waals surface area contributed by atoms with E-state index in [9.17, 15) is 5.11 Å². The van der Waals surface area contributed by atoms with Gasteiger partial charge < -0.3 is 14.6 Å². The lowest BCUT2D eigenvalue weighted by atomic mass is 9.81. The zero-order valence-electron chi connectivity index (χ0n) is 11.8. The van der Waals surface area contributed by atoms with E-state index in [0.717, 1.165) is 29.7 Å². The lowest BCUT2D eigenvalue weighted by molar-refractivity contribution is 0.217. The van der Waals surface area contributed by atoms with Crippen LogP contribution in [0.4, 0.5) is 0 Å². The third-order valence-electron chi connectivity index (χ3n) is 3.55. The Hall–Kier alpha value is -0.930. The molecule has 1 N–H and O–H groups in total. The lowest BCUT2D eigenvalue weighted by Gasteiger charge is -2.27. The van der Waals surface area contributed by atoms with Crippen LogP contribution in [-0.2, 0) is 11.8 Å². The molecule has 4 heteroatoms. The largest absolute Gasteiger partial charge is 0.489 e. The van der Waals surface area contributed by atoms with Gasteiger partial charge in [0, 0.05) is 17.4 Å². The molecule has 0 fully saturated rings. The van der Waals surface area contributed by atoms with Gasteiger partial charge in [0.2, 0.25) is 0 Å². The number of aliphatic hydroxyl groups is 1. The highest BCUT2D eigenvalue weighted by atomic mass is 35.5. The first-order chi connectivity index (χ1) is 9.01. The molecule has 0 bridgehead atoms. The van der Waals surface area contributed by atoms with Crippen LogP contribution in [0.5, 0.6) is 11.5 Å². The van der Waals surface area contributed by atoms with Crippen molar-refractivity contribution in [3.05, 3.63) is 22.2 Å². The normalized spacial score (nSPS) is 15.2. The van der Waals surface area contributed by atoms with E-state index in [-0.39, 0.29) is 12.0 Å². The van der Waals surface area contributed by atoms with Crippen LogP contribution in [0.1, 0.15) is 38.3 Å². The van der Waals surface area contributed by atoms with Gasteiger partial charge in [-0.2, -0.15) is 0 Å². The fourth-order valence-electron chi connectivity index (χ4n) is 2.38. The van der Waals surface area contributed by atoms with Crippen molar-refractivity contribution in [2.24, 2.45) is 0 Å². The molecule has 0 radical (unpaired) electrons. The van der Waals surface area contributed by atoms with E-state index in [1.54, 1.807) is 0 Å². The highest BCUT2D eigenvalue weighted by Crippen LogP contribution is 2.45. The summed E-state index contributed by atoms with van der Waals surface area (Å²) in [5, 5.41) is 10.2. The van der Waals surface area contributed by atoms with Crippen molar-refractivity contribution in [3.8, 4) is 11.5 Å². The van der Waals surface area contributed by atoms with Gasteiger partial charge in [-0.25, -0.2) is 0 Å². The first-order valence-electron chi connectivity index (χ1n) is 6.73. The molecular weight excluding hydrogens is 264 g/mol. The van der Waals surface area contributed by atoms with Gasteiger partial charge in [-0.3, -0.25) is 0 Å². The first kappa shape index (κ1) is 14.5. The van der Waals surface area contributed by atoms with Crippen molar-refractivity contribution in [1.82, 2.24) is 0 Å². The number of aliphatic hydroxyl groups excluding tert-OH is 1. The molecule has 1 aromatic rings. The van der Waals surface area contributed by atoms with Gasteiger partial charge in [-0.05, 0) is 18.1 Å². The molecule has 1 heterocycles. The summed E-state index contributed by atoms with van der Waals surface area (Å²) in [4.78, 5) is 0. The van der Waals surface area contributed by atoms with Crippen LogP contribution >= 0.6 is 11.6 Å². The summed E-state index contributed by atoms with van der Waals surface area (Å²) in [6.07, 6.45) is 1.68. The van der Waals surface area contributed by atoms with E-state index >= 15 is 0 Å². The summed E-state index contributed by atoms with van der Waals surface area (Å²) in [6.45, 7) is 7.41. The molecule has 1 aliphatic rings. The smallest absolute Gasteiger partial charge is 0.180 e. The minimum atomic E-state index is -0.348. The third kappa shape index (κ3) is 2.67. The number of hydrogen-bond acceptors (Lipinski definition) is 3. The Kier molecular flexibility index (Phi) is 4.26. The van der Waals surface area contributed by atoms with Crippen LogP contribution in [0.25, 0.3) is 0 Å². The molecular formula is C15H21ClO3. The first-order valence-corrected chi connectivity index (χ1v) is 7.11. The maximum Gasteiger partial charge on any atom is 0.180 e. The van der Waals surface area contributed by atoms with E-state index in [4.69, 9.17) is 21.1 Å². The minimum absolute atomic E-state index is 0.0654. The van der Waals surface area contributed by atoms with Crippen molar-refractivity contribution >= 4 is 11.6 Å². The fraction of sp³-hybridized carbons (Fsp3) is 0.600. The van der Waals surface area contributed by atoms with Crippen LogP contribution < -0.4 is 9.47 Å². The molecule has 0 spiro atoms.